The van der Waals surface area contributed by atoms with Gasteiger partial charge in [-0.1, -0.05) is 42.1 Å². The van der Waals surface area contributed by atoms with Crippen molar-refractivity contribution in [2.24, 2.45) is 0 Å². The molecular formula is C20H21N3O2S. The summed E-state index contributed by atoms with van der Waals surface area (Å²) in [6, 6.07) is 17.4. The van der Waals surface area contributed by atoms with E-state index in [2.05, 4.69) is 10.2 Å². The van der Waals surface area contributed by atoms with E-state index in [0.717, 1.165) is 22.0 Å². The summed E-state index contributed by atoms with van der Waals surface area (Å²) < 4.78 is 5.68. The number of furan rings is 1. The van der Waals surface area contributed by atoms with E-state index in [1.807, 2.05) is 62.4 Å². The van der Waals surface area contributed by atoms with Crippen LogP contribution in [0.3, 0.4) is 0 Å². The average molecular weight is 367 g/mol. The third-order valence-corrected chi connectivity index (χ3v) is 4.94. The van der Waals surface area contributed by atoms with Crippen molar-refractivity contribution in [2.75, 3.05) is 13.1 Å². The number of amides is 1. The molecule has 0 saturated heterocycles. The second-order valence-electron chi connectivity index (χ2n) is 5.65. The number of thioether (sulfide) groups is 1. The Kier molecular flexibility index (Phi) is 6.07. The summed E-state index contributed by atoms with van der Waals surface area (Å²) in [4.78, 5) is 14.0. The first-order valence-corrected chi connectivity index (χ1v) is 9.59. The lowest BCUT2D eigenvalue weighted by Crippen LogP contribution is -2.30. The monoisotopic (exact) mass is 367 g/mol. The molecule has 1 amide bonds. The van der Waals surface area contributed by atoms with Gasteiger partial charge in [-0.25, -0.2) is 0 Å². The van der Waals surface area contributed by atoms with Gasteiger partial charge in [0, 0.05) is 18.7 Å². The lowest BCUT2D eigenvalue weighted by Gasteiger charge is -2.16. The van der Waals surface area contributed by atoms with Gasteiger partial charge in [0.1, 0.15) is 10.8 Å². The van der Waals surface area contributed by atoms with Crippen LogP contribution in [0.2, 0.25) is 0 Å². The van der Waals surface area contributed by atoms with Gasteiger partial charge in [-0.05, 0) is 38.1 Å². The minimum absolute atomic E-state index is 0.0711. The van der Waals surface area contributed by atoms with Gasteiger partial charge in [-0.15, -0.1) is 10.2 Å². The van der Waals surface area contributed by atoms with Crippen LogP contribution in [0.1, 0.15) is 30.2 Å². The molecule has 1 aromatic carbocycles. The van der Waals surface area contributed by atoms with Crippen LogP contribution in [0.15, 0.2) is 64.0 Å². The van der Waals surface area contributed by atoms with E-state index < -0.39 is 0 Å². The average Bonchev–Trinajstić information content (AvgIpc) is 3.17. The standard InChI is InChI=1S/C20H21N3O2S/c1-3-23(4-2)20(24)18-12-10-16(25-18)14-26-19-13-11-17(21-22-19)15-8-6-5-7-9-15/h5-13H,3-4,14H2,1-2H3. The Bertz CT molecular complexity index is 843. The number of carbonyl (C=O) groups is 1. The Morgan fingerprint density at radius 2 is 1.77 bits per heavy atom. The third-order valence-electron chi connectivity index (χ3n) is 4.00. The maximum atomic E-state index is 12.3. The fourth-order valence-electron chi connectivity index (χ4n) is 2.54. The van der Waals surface area contributed by atoms with Crippen LogP contribution in [0.25, 0.3) is 11.3 Å². The van der Waals surface area contributed by atoms with Crippen molar-refractivity contribution in [2.45, 2.75) is 24.6 Å². The molecule has 2 heterocycles. The van der Waals surface area contributed by atoms with Crippen LogP contribution in [-0.2, 0) is 5.75 Å². The molecule has 0 bridgehead atoms. The highest BCUT2D eigenvalue weighted by Gasteiger charge is 2.16. The van der Waals surface area contributed by atoms with Crippen molar-refractivity contribution in [3.63, 3.8) is 0 Å². The van der Waals surface area contributed by atoms with Gasteiger partial charge in [-0.2, -0.15) is 0 Å². The summed E-state index contributed by atoms with van der Waals surface area (Å²) in [5.74, 6) is 1.66. The molecule has 0 unspecified atom stereocenters. The van der Waals surface area contributed by atoms with Crippen molar-refractivity contribution in [3.8, 4) is 11.3 Å². The predicted molar refractivity (Wildman–Crippen MR) is 103 cm³/mol. The first-order chi connectivity index (χ1) is 12.7. The van der Waals surface area contributed by atoms with Crippen LogP contribution in [0.4, 0.5) is 0 Å². The number of rotatable bonds is 7. The van der Waals surface area contributed by atoms with Crippen LogP contribution < -0.4 is 0 Å². The topological polar surface area (TPSA) is 59.2 Å². The normalized spacial score (nSPS) is 10.7. The molecular weight excluding hydrogens is 346 g/mol. The first-order valence-electron chi connectivity index (χ1n) is 8.61. The number of hydrogen-bond acceptors (Lipinski definition) is 5. The molecule has 3 aromatic rings. The van der Waals surface area contributed by atoms with Crippen LogP contribution in [-0.4, -0.2) is 34.1 Å². The summed E-state index contributed by atoms with van der Waals surface area (Å²) in [5.41, 5.74) is 1.89. The third kappa shape index (κ3) is 4.32. The first kappa shape index (κ1) is 18.2. The lowest BCUT2D eigenvalue weighted by atomic mass is 10.1. The Hall–Kier alpha value is -2.60. The molecule has 0 saturated carbocycles. The van der Waals surface area contributed by atoms with E-state index in [4.69, 9.17) is 4.42 Å². The molecule has 0 N–H and O–H groups in total. The summed E-state index contributed by atoms with van der Waals surface area (Å²) >= 11 is 1.53. The molecule has 0 aliphatic heterocycles. The van der Waals surface area contributed by atoms with Crippen molar-refractivity contribution in [1.29, 1.82) is 0 Å². The Labute approximate surface area is 157 Å². The maximum absolute atomic E-state index is 12.3. The zero-order chi connectivity index (χ0) is 18.4. The summed E-state index contributed by atoms with van der Waals surface area (Å²) in [6.07, 6.45) is 0. The summed E-state index contributed by atoms with van der Waals surface area (Å²) in [7, 11) is 0. The SMILES string of the molecule is CCN(CC)C(=O)c1ccc(CSc2ccc(-c3ccccc3)nn2)o1. The number of hydrogen-bond donors (Lipinski definition) is 0. The van der Waals surface area contributed by atoms with Gasteiger partial charge in [0.2, 0.25) is 0 Å². The van der Waals surface area contributed by atoms with E-state index >= 15 is 0 Å². The molecule has 0 radical (unpaired) electrons. The van der Waals surface area contributed by atoms with E-state index in [0.29, 0.717) is 24.6 Å². The van der Waals surface area contributed by atoms with E-state index in [-0.39, 0.29) is 5.91 Å². The molecule has 0 aliphatic rings. The molecule has 0 fully saturated rings. The molecule has 6 heteroatoms. The molecule has 134 valence electrons. The quantitative estimate of drug-likeness (QED) is 0.575. The van der Waals surface area contributed by atoms with E-state index in [1.165, 1.54) is 11.8 Å². The highest BCUT2D eigenvalue weighted by atomic mass is 32.2. The van der Waals surface area contributed by atoms with E-state index in [1.54, 1.807) is 11.0 Å². The van der Waals surface area contributed by atoms with Gasteiger partial charge in [-0.3, -0.25) is 4.79 Å². The van der Waals surface area contributed by atoms with Crippen LogP contribution in [0.5, 0.6) is 0 Å². The van der Waals surface area contributed by atoms with Crippen LogP contribution in [0, 0.1) is 0 Å². The van der Waals surface area contributed by atoms with Gasteiger partial charge in [0.15, 0.2) is 5.76 Å². The van der Waals surface area contributed by atoms with Gasteiger partial charge < -0.3 is 9.32 Å². The van der Waals surface area contributed by atoms with Crippen molar-refractivity contribution in [1.82, 2.24) is 15.1 Å². The van der Waals surface area contributed by atoms with Crippen molar-refractivity contribution >= 4 is 17.7 Å². The number of benzene rings is 1. The zero-order valence-electron chi connectivity index (χ0n) is 14.9. The molecule has 2 aromatic heterocycles. The number of nitrogens with zero attached hydrogens (tertiary/aromatic N) is 3. The lowest BCUT2D eigenvalue weighted by molar-refractivity contribution is 0.0739. The predicted octanol–water partition coefficient (Wildman–Crippen LogP) is 4.51. The second-order valence-corrected chi connectivity index (χ2v) is 6.65. The molecule has 26 heavy (non-hydrogen) atoms. The summed E-state index contributed by atoms with van der Waals surface area (Å²) in [5, 5.41) is 9.36. The second kappa shape index (κ2) is 8.67. The van der Waals surface area contributed by atoms with Crippen molar-refractivity contribution in [3.05, 3.63) is 66.1 Å². The molecule has 3 rings (SSSR count). The van der Waals surface area contributed by atoms with Gasteiger partial charge >= 0.3 is 0 Å². The Morgan fingerprint density at radius 1 is 1.00 bits per heavy atom. The van der Waals surface area contributed by atoms with Crippen molar-refractivity contribution < 1.29 is 9.21 Å². The minimum Gasteiger partial charge on any atom is -0.455 e. The number of carbonyl (C=O) groups excluding carboxylic acids is 1. The maximum Gasteiger partial charge on any atom is 0.289 e. The smallest absolute Gasteiger partial charge is 0.289 e. The zero-order valence-corrected chi connectivity index (χ0v) is 15.7. The minimum atomic E-state index is -0.0711. The highest BCUT2D eigenvalue weighted by molar-refractivity contribution is 7.98. The van der Waals surface area contributed by atoms with E-state index in [9.17, 15) is 4.79 Å². The number of aromatic nitrogens is 2. The van der Waals surface area contributed by atoms with Crippen LogP contribution >= 0.6 is 11.8 Å². The Balaban J connectivity index is 1.60. The fraction of sp³-hybridized carbons (Fsp3) is 0.250. The highest BCUT2D eigenvalue weighted by Crippen LogP contribution is 2.24. The molecule has 5 nitrogen and oxygen atoms in total. The largest absolute Gasteiger partial charge is 0.455 e. The molecule has 0 spiro atoms. The fourth-order valence-corrected chi connectivity index (χ4v) is 3.25. The molecule has 0 atom stereocenters. The Morgan fingerprint density at radius 3 is 2.42 bits per heavy atom. The summed E-state index contributed by atoms with van der Waals surface area (Å²) in [6.45, 7) is 5.25. The van der Waals surface area contributed by atoms with Gasteiger partial charge in [0.25, 0.3) is 5.91 Å². The van der Waals surface area contributed by atoms with Gasteiger partial charge in [0.05, 0.1) is 11.4 Å². The molecule has 0 aliphatic carbocycles.